The maximum absolute atomic E-state index is 11.9. The highest BCUT2D eigenvalue weighted by atomic mass is 35.5. The van der Waals surface area contributed by atoms with Gasteiger partial charge in [0.1, 0.15) is 0 Å². The molecule has 3 heteroatoms. The maximum atomic E-state index is 11.9. The zero-order valence-electron chi connectivity index (χ0n) is 9.41. The molecule has 0 aliphatic heterocycles. The van der Waals surface area contributed by atoms with Crippen LogP contribution >= 0.6 is 11.6 Å². The van der Waals surface area contributed by atoms with E-state index >= 15 is 0 Å². The van der Waals surface area contributed by atoms with Gasteiger partial charge in [0, 0.05) is 16.3 Å². The van der Waals surface area contributed by atoms with Crippen molar-refractivity contribution in [1.29, 1.82) is 0 Å². The summed E-state index contributed by atoms with van der Waals surface area (Å²) in [5, 5.41) is 3.49. The molecule has 0 aromatic heterocycles. The summed E-state index contributed by atoms with van der Waals surface area (Å²) in [7, 11) is 0. The van der Waals surface area contributed by atoms with Crippen molar-refractivity contribution >= 4 is 23.2 Å². The van der Waals surface area contributed by atoms with Gasteiger partial charge in [-0.05, 0) is 42.8 Å². The Bertz CT molecular complexity index is 534. The van der Waals surface area contributed by atoms with E-state index in [0.717, 1.165) is 11.3 Å². The van der Waals surface area contributed by atoms with E-state index in [1.165, 1.54) is 0 Å². The highest BCUT2D eigenvalue weighted by Crippen LogP contribution is 2.15. The summed E-state index contributed by atoms with van der Waals surface area (Å²) in [4.78, 5) is 11.9. The Morgan fingerprint density at radius 3 is 2.35 bits per heavy atom. The minimum atomic E-state index is -0.129. The van der Waals surface area contributed by atoms with Gasteiger partial charge in [-0.2, -0.15) is 0 Å². The third-order valence-corrected chi connectivity index (χ3v) is 2.75. The van der Waals surface area contributed by atoms with E-state index in [-0.39, 0.29) is 5.91 Å². The van der Waals surface area contributed by atoms with Crippen LogP contribution in [0, 0.1) is 6.92 Å². The van der Waals surface area contributed by atoms with Gasteiger partial charge in [0.15, 0.2) is 0 Å². The lowest BCUT2D eigenvalue weighted by Crippen LogP contribution is -2.12. The van der Waals surface area contributed by atoms with Crippen LogP contribution < -0.4 is 5.32 Å². The molecule has 0 spiro atoms. The second kappa shape index (κ2) is 5.02. The zero-order valence-corrected chi connectivity index (χ0v) is 10.2. The van der Waals surface area contributed by atoms with Crippen molar-refractivity contribution in [2.24, 2.45) is 0 Å². The molecule has 1 N–H and O–H groups in total. The molecule has 0 bridgehead atoms. The minimum Gasteiger partial charge on any atom is -0.322 e. The first kappa shape index (κ1) is 11.7. The number of para-hydroxylation sites is 1. The molecule has 2 nitrogen and oxygen atoms in total. The van der Waals surface area contributed by atoms with Gasteiger partial charge in [-0.3, -0.25) is 4.79 Å². The average Bonchev–Trinajstić information content (AvgIpc) is 2.33. The Morgan fingerprint density at radius 2 is 1.71 bits per heavy atom. The third kappa shape index (κ3) is 2.86. The molecular formula is C14H12ClNO. The van der Waals surface area contributed by atoms with Crippen LogP contribution in [-0.4, -0.2) is 5.91 Å². The maximum Gasteiger partial charge on any atom is 0.255 e. The van der Waals surface area contributed by atoms with Gasteiger partial charge in [0.2, 0.25) is 0 Å². The smallest absolute Gasteiger partial charge is 0.255 e. The van der Waals surface area contributed by atoms with Crippen LogP contribution in [0.1, 0.15) is 15.9 Å². The van der Waals surface area contributed by atoms with E-state index in [1.807, 2.05) is 31.2 Å². The topological polar surface area (TPSA) is 29.1 Å². The molecule has 17 heavy (non-hydrogen) atoms. The summed E-state index contributed by atoms with van der Waals surface area (Å²) in [5.74, 6) is -0.129. The molecule has 0 saturated carbocycles. The van der Waals surface area contributed by atoms with Crippen LogP contribution in [0.5, 0.6) is 0 Å². The Kier molecular flexibility index (Phi) is 3.45. The number of hydrogen-bond donors (Lipinski definition) is 1. The van der Waals surface area contributed by atoms with Gasteiger partial charge in [-0.25, -0.2) is 0 Å². The second-order valence-corrected chi connectivity index (χ2v) is 4.21. The first-order chi connectivity index (χ1) is 8.16. The van der Waals surface area contributed by atoms with E-state index in [9.17, 15) is 4.79 Å². The molecule has 0 radical (unpaired) electrons. The summed E-state index contributed by atoms with van der Waals surface area (Å²) in [6, 6.07) is 14.5. The minimum absolute atomic E-state index is 0.129. The molecule has 0 aliphatic rings. The van der Waals surface area contributed by atoms with Crippen molar-refractivity contribution in [2.75, 3.05) is 5.32 Å². The monoisotopic (exact) mass is 245 g/mol. The predicted octanol–water partition coefficient (Wildman–Crippen LogP) is 3.90. The summed E-state index contributed by atoms with van der Waals surface area (Å²) in [5.41, 5.74) is 2.46. The number of aryl methyl sites for hydroxylation is 1. The number of amides is 1. The van der Waals surface area contributed by atoms with Crippen LogP contribution in [0.4, 0.5) is 5.69 Å². The average molecular weight is 246 g/mol. The fourth-order valence-corrected chi connectivity index (χ4v) is 1.63. The van der Waals surface area contributed by atoms with Crippen molar-refractivity contribution in [3.8, 4) is 0 Å². The molecule has 0 heterocycles. The number of carbonyl (C=O) groups excluding carboxylic acids is 1. The van der Waals surface area contributed by atoms with E-state index in [4.69, 9.17) is 11.6 Å². The van der Waals surface area contributed by atoms with Crippen molar-refractivity contribution in [3.63, 3.8) is 0 Å². The Hall–Kier alpha value is -1.80. The van der Waals surface area contributed by atoms with Gasteiger partial charge in [-0.15, -0.1) is 0 Å². The van der Waals surface area contributed by atoms with Crippen LogP contribution in [-0.2, 0) is 0 Å². The summed E-state index contributed by atoms with van der Waals surface area (Å²) >= 11 is 5.77. The first-order valence-corrected chi connectivity index (χ1v) is 5.67. The summed E-state index contributed by atoms with van der Waals surface area (Å²) in [6.45, 7) is 1.96. The molecule has 2 aromatic carbocycles. The number of benzene rings is 2. The molecule has 0 fully saturated rings. The molecule has 86 valence electrons. The van der Waals surface area contributed by atoms with Crippen molar-refractivity contribution < 1.29 is 4.79 Å². The van der Waals surface area contributed by atoms with Crippen molar-refractivity contribution in [1.82, 2.24) is 0 Å². The zero-order chi connectivity index (χ0) is 12.3. The normalized spacial score (nSPS) is 10.0. The number of rotatable bonds is 2. The lowest BCUT2D eigenvalue weighted by molar-refractivity contribution is 0.102. The molecule has 0 unspecified atom stereocenters. The van der Waals surface area contributed by atoms with Crippen LogP contribution in [0.2, 0.25) is 5.02 Å². The summed E-state index contributed by atoms with van der Waals surface area (Å²) in [6.07, 6.45) is 0. The fourth-order valence-electron chi connectivity index (χ4n) is 1.51. The van der Waals surface area contributed by atoms with E-state index in [1.54, 1.807) is 24.3 Å². The number of nitrogens with one attached hydrogen (secondary N) is 1. The van der Waals surface area contributed by atoms with Crippen molar-refractivity contribution in [3.05, 3.63) is 64.7 Å². The summed E-state index contributed by atoms with van der Waals surface area (Å²) < 4.78 is 0. The quantitative estimate of drug-likeness (QED) is 0.854. The Balaban J connectivity index is 2.17. The van der Waals surface area contributed by atoms with E-state index in [0.29, 0.717) is 10.6 Å². The van der Waals surface area contributed by atoms with Gasteiger partial charge in [0.05, 0.1) is 0 Å². The second-order valence-electron chi connectivity index (χ2n) is 3.78. The lowest BCUT2D eigenvalue weighted by atomic mass is 10.1. The van der Waals surface area contributed by atoms with Crippen LogP contribution in [0.3, 0.4) is 0 Å². The molecule has 0 atom stereocenters. The number of hydrogen-bond acceptors (Lipinski definition) is 1. The standard InChI is InChI=1S/C14H12ClNO/c1-10-4-2-3-5-13(10)16-14(17)11-6-8-12(15)9-7-11/h2-9H,1H3,(H,16,17). The highest BCUT2D eigenvalue weighted by Gasteiger charge is 2.06. The molecule has 1 amide bonds. The van der Waals surface area contributed by atoms with E-state index in [2.05, 4.69) is 5.32 Å². The number of halogens is 1. The molecule has 0 aliphatic carbocycles. The van der Waals surface area contributed by atoms with Gasteiger partial charge in [-0.1, -0.05) is 29.8 Å². The van der Waals surface area contributed by atoms with E-state index < -0.39 is 0 Å². The Morgan fingerprint density at radius 1 is 1.06 bits per heavy atom. The predicted molar refractivity (Wildman–Crippen MR) is 70.6 cm³/mol. The number of anilines is 1. The van der Waals surface area contributed by atoms with Crippen molar-refractivity contribution in [2.45, 2.75) is 6.92 Å². The molecule has 2 rings (SSSR count). The molecular weight excluding hydrogens is 234 g/mol. The fraction of sp³-hybridized carbons (Fsp3) is 0.0714. The SMILES string of the molecule is Cc1ccccc1NC(=O)c1ccc(Cl)cc1. The highest BCUT2D eigenvalue weighted by molar-refractivity contribution is 6.30. The number of carbonyl (C=O) groups is 1. The molecule has 0 saturated heterocycles. The largest absolute Gasteiger partial charge is 0.322 e. The lowest BCUT2D eigenvalue weighted by Gasteiger charge is -2.07. The van der Waals surface area contributed by atoms with Gasteiger partial charge >= 0.3 is 0 Å². The van der Waals surface area contributed by atoms with Gasteiger partial charge in [0.25, 0.3) is 5.91 Å². The first-order valence-electron chi connectivity index (χ1n) is 5.29. The Labute approximate surface area is 105 Å². The van der Waals surface area contributed by atoms with Crippen LogP contribution in [0.15, 0.2) is 48.5 Å². The third-order valence-electron chi connectivity index (χ3n) is 2.50. The van der Waals surface area contributed by atoms with Gasteiger partial charge < -0.3 is 5.32 Å². The van der Waals surface area contributed by atoms with Crippen LogP contribution in [0.25, 0.3) is 0 Å². The molecule has 2 aromatic rings.